The van der Waals surface area contributed by atoms with E-state index in [4.69, 9.17) is 23.2 Å². The average Bonchev–Trinajstić information content (AvgIpc) is 3.20. The molecule has 4 heteroatoms. The van der Waals surface area contributed by atoms with Crippen molar-refractivity contribution in [1.29, 1.82) is 0 Å². The molecule has 2 nitrogen and oxygen atoms in total. The first-order valence-electron chi connectivity index (χ1n) is 7.13. The lowest BCUT2D eigenvalue weighted by Gasteiger charge is -2.21. The Morgan fingerprint density at radius 3 is 2.58 bits per heavy atom. The van der Waals surface area contributed by atoms with Crippen molar-refractivity contribution in [3.63, 3.8) is 0 Å². The van der Waals surface area contributed by atoms with Crippen molar-refractivity contribution in [2.75, 3.05) is 26.2 Å². The SMILES string of the molecule is Clc1ccc(CN2CCCN(C3CC3)CC2)cc1Cl. The lowest BCUT2D eigenvalue weighted by molar-refractivity contribution is 0.246. The molecule has 0 bridgehead atoms. The van der Waals surface area contributed by atoms with Gasteiger partial charge in [0.2, 0.25) is 0 Å². The summed E-state index contributed by atoms with van der Waals surface area (Å²) in [6, 6.07) is 6.86. The maximum Gasteiger partial charge on any atom is 0.0595 e. The van der Waals surface area contributed by atoms with Crippen molar-refractivity contribution in [3.05, 3.63) is 33.8 Å². The van der Waals surface area contributed by atoms with Crippen LogP contribution in [0.25, 0.3) is 0 Å². The van der Waals surface area contributed by atoms with Gasteiger partial charge in [-0.15, -0.1) is 0 Å². The summed E-state index contributed by atoms with van der Waals surface area (Å²) in [6.45, 7) is 5.81. The van der Waals surface area contributed by atoms with Crippen LogP contribution in [-0.4, -0.2) is 42.0 Å². The third kappa shape index (κ3) is 3.63. The van der Waals surface area contributed by atoms with Gasteiger partial charge in [-0.05, 0) is 50.0 Å². The molecular weight excluding hydrogens is 279 g/mol. The number of rotatable bonds is 3. The van der Waals surface area contributed by atoms with E-state index in [0.29, 0.717) is 10.0 Å². The standard InChI is InChI=1S/C15H20Cl2N2/c16-14-5-2-12(10-15(14)17)11-18-6-1-7-19(9-8-18)13-3-4-13/h2,5,10,13H,1,3-4,6-9,11H2. The Balaban J connectivity index is 1.58. The first kappa shape index (κ1) is 13.7. The highest BCUT2D eigenvalue weighted by molar-refractivity contribution is 6.42. The van der Waals surface area contributed by atoms with Gasteiger partial charge < -0.3 is 0 Å². The van der Waals surface area contributed by atoms with Crippen LogP contribution in [0.5, 0.6) is 0 Å². The molecule has 1 aromatic carbocycles. The van der Waals surface area contributed by atoms with E-state index in [1.165, 1.54) is 44.5 Å². The highest BCUT2D eigenvalue weighted by atomic mass is 35.5. The molecule has 1 aliphatic carbocycles. The Morgan fingerprint density at radius 1 is 1.00 bits per heavy atom. The van der Waals surface area contributed by atoms with E-state index in [9.17, 15) is 0 Å². The minimum absolute atomic E-state index is 0.640. The van der Waals surface area contributed by atoms with Gasteiger partial charge in [-0.2, -0.15) is 0 Å². The number of hydrogen-bond acceptors (Lipinski definition) is 2. The fourth-order valence-corrected chi connectivity index (χ4v) is 3.17. The number of halogens is 2. The fraction of sp³-hybridized carbons (Fsp3) is 0.600. The first-order chi connectivity index (χ1) is 9.22. The highest BCUT2D eigenvalue weighted by Crippen LogP contribution is 2.28. The molecule has 1 heterocycles. The van der Waals surface area contributed by atoms with Crippen molar-refractivity contribution in [1.82, 2.24) is 9.80 Å². The second-order valence-electron chi connectivity index (χ2n) is 5.65. The van der Waals surface area contributed by atoms with Gasteiger partial charge in [-0.1, -0.05) is 29.3 Å². The van der Waals surface area contributed by atoms with Crippen LogP contribution >= 0.6 is 23.2 Å². The molecule has 3 rings (SSSR count). The first-order valence-corrected chi connectivity index (χ1v) is 7.88. The maximum atomic E-state index is 6.08. The molecule has 0 amide bonds. The molecule has 19 heavy (non-hydrogen) atoms. The monoisotopic (exact) mass is 298 g/mol. The summed E-state index contributed by atoms with van der Waals surface area (Å²) >= 11 is 12.0. The molecule has 1 aliphatic heterocycles. The fourth-order valence-electron chi connectivity index (χ4n) is 2.85. The van der Waals surface area contributed by atoms with Gasteiger partial charge in [0.1, 0.15) is 0 Å². The van der Waals surface area contributed by atoms with Gasteiger partial charge >= 0.3 is 0 Å². The van der Waals surface area contributed by atoms with E-state index in [1.54, 1.807) is 0 Å². The number of benzene rings is 1. The molecule has 0 atom stereocenters. The van der Waals surface area contributed by atoms with Crippen molar-refractivity contribution >= 4 is 23.2 Å². The summed E-state index contributed by atoms with van der Waals surface area (Å²) in [7, 11) is 0. The van der Waals surface area contributed by atoms with Gasteiger partial charge in [-0.3, -0.25) is 9.80 Å². The van der Waals surface area contributed by atoms with Crippen LogP contribution in [0.1, 0.15) is 24.8 Å². The molecule has 0 radical (unpaired) electrons. The topological polar surface area (TPSA) is 6.48 Å². The molecule has 1 saturated heterocycles. The minimum Gasteiger partial charge on any atom is -0.299 e. The van der Waals surface area contributed by atoms with E-state index < -0.39 is 0 Å². The molecule has 2 fully saturated rings. The predicted octanol–water partition coefficient (Wildman–Crippen LogP) is 3.66. The van der Waals surface area contributed by atoms with E-state index in [0.717, 1.165) is 19.1 Å². The number of hydrogen-bond donors (Lipinski definition) is 0. The van der Waals surface area contributed by atoms with Gasteiger partial charge in [0.05, 0.1) is 10.0 Å². The Bertz CT molecular complexity index is 446. The predicted molar refractivity (Wildman–Crippen MR) is 81.0 cm³/mol. The molecule has 104 valence electrons. The molecule has 1 saturated carbocycles. The average molecular weight is 299 g/mol. The largest absolute Gasteiger partial charge is 0.299 e. The third-order valence-corrected chi connectivity index (χ3v) is 4.82. The van der Waals surface area contributed by atoms with E-state index in [-0.39, 0.29) is 0 Å². The van der Waals surface area contributed by atoms with E-state index in [1.807, 2.05) is 12.1 Å². The van der Waals surface area contributed by atoms with Gasteiger partial charge in [0.25, 0.3) is 0 Å². The van der Waals surface area contributed by atoms with Crippen LogP contribution in [0, 0.1) is 0 Å². The molecule has 0 aromatic heterocycles. The van der Waals surface area contributed by atoms with Gasteiger partial charge in [0, 0.05) is 25.7 Å². The van der Waals surface area contributed by atoms with Crippen molar-refractivity contribution in [2.45, 2.75) is 31.8 Å². The zero-order valence-corrected chi connectivity index (χ0v) is 12.6. The molecule has 0 spiro atoms. The highest BCUT2D eigenvalue weighted by Gasteiger charge is 2.29. The normalized spacial score (nSPS) is 22.4. The van der Waals surface area contributed by atoms with Crippen molar-refractivity contribution < 1.29 is 0 Å². The minimum atomic E-state index is 0.640. The molecular formula is C15H20Cl2N2. The second-order valence-corrected chi connectivity index (χ2v) is 6.46. The smallest absolute Gasteiger partial charge is 0.0595 e. The van der Waals surface area contributed by atoms with Crippen molar-refractivity contribution in [3.8, 4) is 0 Å². The summed E-state index contributed by atoms with van der Waals surface area (Å²) in [5, 5.41) is 1.30. The Hall–Kier alpha value is -0.280. The van der Waals surface area contributed by atoms with Crippen LogP contribution in [0.2, 0.25) is 10.0 Å². The maximum absolute atomic E-state index is 6.08. The summed E-state index contributed by atoms with van der Waals surface area (Å²) in [4.78, 5) is 5.19. The molecule has 1 aromatic rings. The summed E-state index contributed by atoms with van der Waals surface area (Å²) in [6.07, 6.45) is 4.09. The Labute approximate surface area is 125 Å². The van der Waals surface area contributed by atoms with E-state index >= 15 is 0 Å². The van der Waals surface area contributed by atoms with Crippen LogP contribution in [0.3, 0.4) is 0 Å². The van der Waals surface area contributed by atoms with Crippen LogP contribution in [0.4, 0.5) is 0 Å². The quantitative estimate of drug-likeness (QED) is 0.840. The summed E-state index contributed by atoms with van der Waals surface area (Å²) < 4.78 is 0. The Kier molecular flexibility index (Phi) is 4.33. The third-order valence-electron chi connectivity index (χ3n) is 4.08. The molecule has 2 aliphatic rings. The summed E-state index contributed by atoms with van der Waals surface area (Å²) in [5.41, 5.74) is 1.26. The van der Waals surface area contributed by atoms with Crippen LogP contribution in [0.15, 0.2) is 18.2 Å². The van der Waals surface area contributed by atoms with Crippen LogP contribution in [-0.2, 0) is 6.54 Å². The zero-order chi connectivity index (χ0) is 13.2. The van der Waals surface area contributed by atoms with E-state index in [2.05, 4.69) is 15.9 Å². The van der Waals surface area contributed by atoms with Crippen LogP contribution < -0.4 is 0 Å². The van der Waals surface area contributed by atoms with Gasteiger partial charge in [-0.25, -0.2) is 0 Å². The number of nitrogens with zero attached hydrogens (tertiary/aromatic N) is 2. The summed E-state index contributed by atoms with van der Waals surface area (Å²) in [5.74, 6) is 0. The zero-order valence-electron chi connectivity index (χ0n) is 11.1. The molecule has 0 N–H and O–H groups in total. The lowest BCUT2D eigenvalue weighted by atomic mass is 10.2. The van der Waals surface area contributed by atoms with Gasteiger partial charge in [0.15, 0.2) is 0 Å². The molecule has 0 unspecified atom stereocenters. The second kappa shape index (κ2) is 6.01. The van der Waals surface area contributed by atoms with Crippen molar-refractivity contribution in [2.24, 2.45) is 0 Å². The lowest BCUT2D eigenvalue weighted by Crippen LogP contribution is -2.31. The Morgan fingerprint density at radius 2 is 1.84 bits per heavy atom.